The van der Waals surface area contributed by atoms with Gasteiger partial charge in [-0.3, -0.25) is 23.5 Å². The number of benzene rings is 3. The van der Waals surface area contributed by atoms with Crippen molar-refractivity contribution in [2.45, 2.75) is 39.4 Å². The van der Waals surface area contributed by atoms with Crippen LogP contribution in [0.3, 0.4) is 0 Å². The standard InChI is InChI=1S/C28H25Cl2N3O4/c1-18-8-10-19(11-9-18)16-31-26(35)7-4-14-32-27(36)21-5-2-3-6-24(21)33(28(32)37)17-25(34)20-12-13-22(29)23(30)15-20/h2-3,5-6,8-13,15H,4,7,14,16-17H2,1H3,(H,31,35). The number of fused-ring (bicyclic) bond motifs is 1. The minimum atomic E-state index is -0.614. The predicted octanol–water partition coefficient (Wildman–Crippen LogP) is 4.76. The number of carbonyl (C=O) groups excluding carboxylic acids is 2. The molecule has 0 aliphatic heterocycles. The van der Waals surface area contributed by atoms with Gasteiger partial charge in [-0.1, -0.05) is 65.2 Å². The average molecular weight is 538 g/mol. The zero-order valence-corrected chi connectivity index (χ0v) is 21.7. The molecule has 0 aliphatic rings. The molecule has 4 aromatic rings. The number of halogens is 2. The Morgan fingerprint density at radius 1 is 0.892 bits per heavy atom. The summed E-state index contributed by atoms with van der Waals surface area (Å²) >= 11 is 12.0. The Morgan fingerprint density at radius 3 is 2.35 bits per heavy atom. The minimum Gasteiger partial charge on any atom is -0.352 e. The van der Waals surface area contributed by atoms with Crippen molar-refractivity contribution < 1.29 is 9.59 Å². The van der Waals surface area contributed by atoms with Gasteiger partial charge in [0.05, 0.1) is 27.5 Å². The Bertz CT molecular complexity index is 1590. The number of rotatable bonds is 9. The van der Waals surface area contributed by atoms with E-state index in [9.17, 15) is 19.2 Å². The molecule has 37 heavy (non-hydrogen) atoms. The average Bonchev–Trinajstić information content (AvgIpc) is 2.89. The number of hydrogen-bond donors (Lipinski definition) is 1. The molecule has 1 heterocycles. The summed E-state index contributed by atoms with van der Waals surface area (Å²) in [6.07, 6.45) is 0.431. The van der Waals surface area contributed by atoms with Crippen molar-refractivity contribution in [2.24, 2.45) is 0 Å². The van der Waals surface area contributed by atoms with Gasteiger partial charge in [-0.2, -0.15) is 0 Å². The summed E-state index contributed by atoms with van der Waals surface area (Å²) in [7, 11) is 0. The maximum absolute atomic E-state index is 13.3. The molecule has 1 amide bonds. The Kier molecular flexibility index (Phi) is 8.26. The van der Waals surface area contributed by atoms with Crippen molar-refractivity contribution >= 4 is 45.8 Å². The molecule has 1 N–H and O–H groups in total. The van der Waals surface area contributed by atoms with E-state index in [1.807, 2.05) is 31.2 Å². The van der Waals surface area contributed by atoms with Gasteiger partial charge in [0.1, 0.15) is 0 Å². The van der Waals surface area contributed by atoms with Crippen molar-refractivity contribution in [1.29, 1.82) is 0 Å². The summed E-state index contributed by atoms with van der Waals surface area (Å²) in [5.41, 5.74) is 1.71. The van der Waals surface area contributed by atoms with Gasteiger partial charge in [0.15, 0.2) is 5.78 Å². The Labute approximate surface area is 223 Å². The quantitative estimate of drug-likeness (QED) is 0.311. The van der Waals surface area contributed by atoms with Crippen molar-refractivity contribution in [3.63, 3.8) is 0 Å². The van der Waals surface area contributed by atoms with Crippen molar-refractivity contribution in [1.82, 2.24) is 14.5 Å². The summed E-state index contributed by atoms with van der Waals surface area (Å²) in [6.45, 7) is 2.16. The van der Waals surface area contributed by atoms with Crippen molar-refractivity contribution in [3.05, 3.63) is 114 Å². The van der Waals surface area contributed by atoms with Gasteiger partial charge < -0.3 is 5.32 Å². The van der Waals surface area contributed by atoms with E-state index < -0.39 is 11.2 Å². The highest BCUT2D eigenvalue weighted by atomic mass is 35.5. The lowest BCUT2D eigenvalue weighted by Crippen LogP contribution is -2.41. The molecule has 9 heteroatoms. The van der Waals surface area contributed by atoms with Crippen LogP contribution in [0.5, 0.6) is 0 Å². The molecular weight excluding hydrogens is 513 g/mol. The predicted molar refractivity (Wildman–Crippen MR) is 146 cm³/mol. The van der Waals surface area contributed by atoms with E-state index in [1.165, 1.54) is 22.8 Å². The third-order valence-corrected chi connectivity index (χ3v) is 6.81. The van der Waals surface area contributed by atoms with E-state index in [0.717, 1.165) is 15.7 Å². The van der Waals surface area contributed by atoms with Crippen LogP contribution in [-0.4, -0.2) is 20.8 Å². The molecule has 0 saturated carbocycles. The lowest BCUT2D eigenvalue weighted by molar-refractivity contribution is -0.121. The molecule has 0 saturated heterocycles. The Balaban J connectivity index is 1.52. The highest BCUT2D eigenvalue weighted by Crippen LogP contribution is 2.23. The van der Waals surface area contributed by atoms with Crippen molar-refractivity contribution in [3.8, 4) is 0 Å². The lowest BCUT2D eigenvalue weighted by atomic mass is 10.1. The highest BCUT2D eigenvalue weighted by Gasteiger charge is 2.17. The largest absolute Gasteiger partial charge is 0.352 e. The van der Waals surface area contributed by atoms with Crippen LogP contribution in [-0.2, 0) is 24.4 Å². The molecule has 7 nitrogen and oxygen atoms in total. The fraction of sp³-hybridized carbons (Fsp3) is 0.214. The van der Waals surface area contributed by atoms with E-state index >= 15 is 0 Å². The van der Waals surface area contributed by atoms with E-state index in [2.05, 4.69) is 5.32 Å². The second-order valence-electron chi connectivity index (χ2n) is 8.76. The summed E-state index contributed by atoms with van der Waals surface area (Å²) in [4.78, 5) is 51.7. The van der Waals surface area contributed by atoms with Crippen LogP contribution in [0.4, 0.5) is 0 Å². The van der Waals surface area contributed by atoms with Crippen LogP contribution in [0.25, 0.3) is 10.9 Å². The zero-order chi connectivity index (χ0) is 26.5. The smallest absolute Gasteiger partial charge is 0.331 e. The van der Waals surface area contributed by atoms with Gasteiger partial charge in [-0.25, -0.2) is 4.79 Å². The number of aromatic nitrogens is 2. The first-order chi connectivity index (χ1) is 17.7. The first-order valence-corrected chi connectivity index (χ1v) is 12.5. The second-order valence-corrected chi connectivity index (χ2v) is 9.58. The Hall–Kier alpha value is -3.68. The van der Waals surface area contributed by atoms with Gasteiger partial charge in [0.2, 0.25) is 5.91 Å². The van der Waals surface area contributed by atoms with Crippen LogP contribution in [0, 0.1) is 6.92 Å². The Morgan fingerprint density at radius 2 is 1.62 bits per heavy atom. The number of carbonyl (C=O) groups is 2. The molecular formula is C28H25Cl2N3O4. The topological polar surface area (TPSA) is 90.2 Å². The van der Waals surface area contributed by atoms with E-state index in [0.29, 0.717) is 28.0 Å². The molecule has 0 aliphatic carbocycles. The summed E-state index contributed by atoms with van der Waals surface area (Å²) in [5.74, 6) is -0.531. The molecule has 0 bridgehead atoms. The summed E-state index contributed by atoms with van der Waals surface area (Å²) < 4.78 is 2.36. The van der Waals surface area contributed by atoms with E-state index in [1.54, 1.807) is 24.3 Å². The first kappa shape index (κ1) is 26.4. The van der Waals surface area contributed by atoms with Gasteiger partial charge >= 0.3 is 5.69 Å². The number of amides is 1. The number of hydrogen-bond acceptors (Lipinski definition) is 4. The summed E-state index contributed by atoms with van der Waals surface area (Å²) in [5, 5.41) is 3.71. The number of nitrogens with one attached hydrogen (secondary N) is 1. The van der Waals surface area contributed by atoms with Crippen LogP contribution < -0.4 is 16.6 Å². The molecule has 0 atom stereocenters. The molecule has 3 aromatic carbocycles. The first-order valence-electron chi connectivity index (χ1n) is 11.8. The molecule has 190 valence electrons. The van der Waals surface area contributed by atoms with Crippen LogP contribution in [0.2, 0.25) is 10.0 Å². The normalized spacial score (nSPS) is 11.0. The molecule has 4 rings (SSSR count). The number of ketones is 1. The fourth-order valence-corrected chi connectivity index (χ4v) is 4.32. The number of Topliss-reactive ketones (excluding diaryl/α,β-unsaturated/α-hetero) is 1. The van der Waals surface area contributed by atoms with Gasteiger partial charge in [0, 0.05) is 25.1 Å². The molecule has 1 aromatic heterocycles. The number of nitrogens with zero attached hydrogens (tertiary/aromatic N) is 2. The van der Waals surface area contributed by atoms with Crippen molar-refractivity contribution in [2.75, 3.05) is 0 Å². The molecule has 0 unspecified atom stereocenters. The second kappa shape index (κ2) is 11.6. The third-order valence-electron chi connectivity index (χ3n) is 6.07. The summed E-state index contributed by atoms with van der Waals surface area (Å²) in [6, 6.07) is 19.0. The number of aryl methyl sites for hydroxylation is 1. The SMILES string of the molecule is Cc1ccc(CNC(=O)CCCn2c(=O)c3ccccc3n(CC(=O)c3ccc(Cl)c(Cl)c3)c2=O)cc1. The fourth-order valence-electron chi connectivity index (χ4n) is 4.02. The highest BCUT2D eigenvalue weighted by molar-refractivity contribution is 6.42. The van der Waals surface area contributed by atoms with Crippen LogP contribution >= 0.6 is 23.2 Å². The van der Waals surface area contributed by atoms with Gasteiger partial charge in [-0.15, -0.1) is 0 Å². The van der Waals surface area contributed by atoms with Crippen LogP contribution in [0.1, 0.15) is 34.3 Å². The monoisotopic (exact) mass is 537 g/mol. The third kappa shape index (κ3) is 6.18. The number of para-hydroxylation sites is 1. The van der Waals surface area contributed by atoms with E-state index in [4.69, 9.17) is 23.2 Å². The molecule has 0 radical (unpaired) electrons. The van der Waals surface area contributed by atoms with Gasteiger partial charge in [-0.05, 0) is 49.2 Å². The lowest BCUT2D eigenvalue weighted by Gasteiger charge is -2.14. The molecule has 0 fully saturated rings. The van der Waals surface area contributed by atoms with Crippen LogP contribution in [0.15, 0.2) is 76.3 Å². The van der Waals surface area contributed by atoms with Gasteiger partial charge in [0.25, 0.3) is 5.56 Å². The maximum Gasteiger partial charge on any atom is 0.331 e. The molecule has 0 spiro atoms. The zero-order valence-electron chi connectivity index (χ0n) is 20.2. The maximum atomic E-state index is 13.3. The van der Waals surface area contributed by atoms with E-state index in [-0.39, 0.29) is 42.6 Å². The minimum absolute atomic E-state index is 0.0431.